The predicted molar refractivity (Wildman–Crippen MR) is 102 cm³/mol. The van der Waals surface area contributed by atoms with Crippen LogP contribution < -0.4 is 9.64 Å². The number of aryl methyl sites for hydroxylation is 2. The summed E-state index contributed by atoms with van der Waals surface area (Å²) in [5.41, 5.74) is 4.04. The topological polar surface area (TPSA) is 68.5 Å². The highest BCUT2D eigenvalue weighted by molar-refractivity contribution is 5.96. The van der Waals surface area contributed by atoms with Crippen LogP contribution >= 0.6 is 0 Å². The van der Waals surface area contributed by atoms with E-state index in [9.17, 15) is 4.79 Å². The van der Waals surface area contributed by atoms with Crippen molar-refractivity contribution in [3.63, 3.8) is 0 Å². The molecular formula is C21H21N3O3. The first-order valence-corrected chi connectivity index (χ1v) is 8.90. The van der Waals surface area contributed by atoms with Crippen molar-refractivity contribution < 1.29 is 14.1 Å². The molecule has 1 aliphatic rings. The van der Waals surface area contributed by atoms with Crippen molar-refractivity contribution in [2.45, 2.75) is 26.2 Å². The third-order valence-electron chi connectivity index (χ3n) is 4.79. The van der Waals surface area contributed by atoms with Crippen LogP contribution in [0.5, 0.6) is 5.75 Å². The van der Waals surface area contributed by atoms with Gasteiger partial charge in [0.2, 0.25) is 5.91 Å². The van der Waals surface area contributed by atoms with Crippen molar-refractivity contribution >= 4 is 11.6 Å². The Balaban J connectivity index is 1.54. The summed E-state index contributed by atoms with van der Waals surface area (Å²) >= 11 is 0. The fourth-order valence-corrected chi connectivity index (χ4v) is 3.49. The van der Waals surface area contributed by atoms with E-state index < -0.39 is 0 Å². The molecule has 1 unspecified atom stereocenters. The van der Waals surface area contributed by atoms with Crippen LogP contribution in [0.3, 0.4) is 0 Å². The number of carbonyl (C=O) groups excluding carboxylic acids is 1. The maximum atomic E-state index is 12.6. The van der Waals surface area contributed by atoms with Crippen LogP contribution in [0.25, 0.3) is 11.5 Å². The van der Waals surface area contributed by atoms with Gasteiger partial charge in [-0.2, -0.15) is 4.98 Å². The van der Waals surface area contributed by atoms with E-state index >= 15 is 0 Å². The molecule has 1 atom stereocenters. The third-order valence-corrected chi connectivity index (χ3v) is 4.79. The van der Waals surface area contributed by atoms with E-state index in [4.69, 9.17) is 9.26 Å². The van der Waals surface area contributed by atoms with Crippen molar-refractivity contribution in [2.24, 2.45) is 0 Å². The highest BCUT2D eigenvalue weighted by atomic mass is 16.5. The maximum absolute atomic E-state index is 12.6. The maximum Gasteiger partial charge on any atom is 0.257 e. The fourth-order valence-electron chi connectivity index (χ4n) is 3.49. The van der Waals surface area contributed by atoms with E-state index in [0.29, 0.717) is 24.7 Å². The number of amides is 1. The van der Waals surface area contributed by atoms with Gasteiger partial charge in [-0.05, 0) is 61.4 Å². The lowest BCUT2D eigenvalue weighted by Crippen LogP contribution is -2.24. The Morgan fingerprint density at radius 2 is 1.81 bits per heavy atom. The Kier molecular flexibility index (Phi) is 4.39. The Hall–Kier alpha value is -3.15. The monoisotopic (exact) mass is 363 g/mol. The zero-order chi connectivity index (χ0) is 19.0. The number of benzene rings is 2. The van der Waals surface area contributed by atoms with Crippen LogP contribution in [0.15, 0.2) is 47.0 Å². The van der Waals surface area contributed by atoms with E-state index in [2.05, 4.69) is 16.2 Å². The van der Waals surface area contributed by atoms with Crippen LogP contribution in [0.2, 0.25) is 0 Å². The summed E-state index contributed by atoms with van der Waals surface area (Å²) in [6.07, 6.45) is 0.384. The summed E-state index contributed by atoms with van der Waals surface area (Å²) in [7, 11) is 1.62. The molecule has 1 amide bonds. The van der Waals surface area contributed by atoms with Crippen LogP contribution in [0, 0.1) is 13.8 Å². The Morgan fingerprint density at radius 1 is 1.11 bits per heavy atom. The van der Waals surface area contributed by atoms with Gasteiger partial charge >= 0.3 is 0 Å². The molecular weight excluding hydrogens is 342 g/mol. The third kappa shape index (κ3) is 3.43. The molecule has 2 aromatic carbocycles. The van der Waals surface area contributed by atoms with Gasteiger partial charge in [0.25, 0.3) is 5.89 Å². The molecule has 1 fully saturated rings. The summed E-state index contributed by atoms with van der Waals surface area (Å²) < 4.78 is 10.6. The Morgan fingerprint density at radius 3 is 2.48 bits per heavy atom. The van der Waals surface area contributed by atoms with Crippen LogP contribution in [-0.4, -0.2) is 29.7 Å². The fraction of sp³-hybridized carbons (Fsp3) is 0.286. The van der Waals surface area contributed by atoms with Crippen LogP contribution in [-0.2, 0) is 4.79 Å². The van der Waals surface area contributed by atoms with Crippen molar-refractivity contribution in [1.29, 1.82) is 0 Å². The van der Waals surface area contributed by atoms with Crippen LogP contribution in [0.1, 0.15) is 29.3 Å². The minimum absolute atomic E-state index is 0.0749. The zero-order valence-electron chi connectivity index (χ0n) is 15.6. The summed E-state index contributed by atoms with van der Waals surface area (Å²) in [6.45, 7) is 4.63. The smallest absolute Gasteiger partial charge is 0.257 e. The summed E-state index contributed by atoms with van der Waals surface area (Å²) in [5, 5.41) is 4.12. The van der Waals surface area contributed by atoms with Crippen molar-refractivity contribution in [2.75, 3.05) is 18.6 Å². The molecule has 6 heteroatoms. The number of methoxy groups -OCH3 is 1. The number of ether oxygens (including phenoxy) is 1. The second-order valence-corrected chi connectivity index (χ2v) is 6.94. The molecule has 1 aromatic heterocycles. The molecule has 3 aromatic rings. The first-order valence-electron chi connectivity index (χ1n) is 8.90. The molecule has 0 aliphatic carbocycles. The predicted octanol–water partition coefficient (Wildman–Crippen LogP) is 3.88. The first kappa shape index (κ1) is 17.3. The van der Waals surface area contributed by atoms with Gasteiger partial charge < -0.3 is 14.2 Å². The van der Waals surface area contributed by atoms with E-state index in [1.54, 1.807) is 7.11 Å². The molecule has 6 nitrogen and oxygen atoms in total. The minimum atomic E-state index is -0.0749. The van der Waals surface area contributed by atoms with Gasteiger partial charge in [0.1, 0.15) is 5.75 Å². The number of carbonyl (C=O) groups is 1. The molecule has 2 heterocycles. The average Bonchev–Trinajstić information content (AvgIpc) is 3.28. The summed E-state index contributed by atoms with van der Waals surface area (Å²) in [5.74, 6) is 1.80. The van der Waals surface area contributed by atoms with Gasteiger partial charge in [-0.3, -0.25) is 4.79 Å². The normalized spacial score (nSPS) is 16.8. The van der Waals surface area contributed by atoms with Gasteiger partial charge in [0.05, 0.1) is 7.11 Å². The Labute approximate surface area is 157 Å². The van der Waals surface area contributed by atoms with Gasteiger partial charge in [-0.15, -0.1) is 0 Å². The lowest BCUT2D eigenvalue weighted by atomic mass is 10.1. The molecule has 0 spiro atoms. The van der Waals surface area contributed by atoms with Gasteiger partial charge in [0, 0.05) is 30.1 Å². The number of hydrogen-bond acceptors (Lipinski definition) is 5. The molecule has 0 bridgehead atoms. The van der Waals surface area contributed by atoms with Crippen molar-refractivity contribution in [3.05, 3.63) is 59.4 Å². The number of hydrogen-bond donors (Lipinski definition) is 0. The van der Waals surface area contributed by atoms with E-state index in [1.165, 1.54) is 0 Å². The average molecular weight is 363 g/mol. The van der Waals surface area contributed by atoms with Gasteiger partial charge in [0.15, 0.2) is 5.82 Å². The highest BCUT2D eigenvalue weighted by Gasteiger charge is 2.34. The Bertz CT molecular complexity index is 958. The quantitative estimate of drug-likeness (QED) is 0.703. The highest BCUT2D eigenvalue weighted by Crippen LogP contribution is 2.32. The molecule has 138 valence electrons. The molecule has 27 heavy (non-hydrogen) atoms. The molecule has 4 rings (SSSR count). The number of rotatable bonds is 4. The number of anilines is 1. The van der Waals surface area contributed by atoms with Crippen LogP contribution in [0.4, 0.5) is 5.69 Å². The molecule has 1 aliphatic heterocycles. The second-order valence-electron chi connectivity index (χ2n) is 6.94. The lowest BCUT2D eigenvalue weighted by molar-refractivity contribution is -0.117. The zero-order valence-corrected chi connectivity index (χ0v) is 15.6. The van der Waals surface area contributed by atoms with E-state index in [-0.39, 0.29) is 11.8 Å². The van der Waals surface area contributed by atoms with Crippen molar-refractivity contribution in [3.8, 4) is 17.2 Å². The standard InChI is InChI=1S/C21H21N3O3/c1-13-8-14(2)10-17(9-13)24-12-16(11-19(24)25)20-22-21(27-23-20)15-4-6-18(26-3)7-5-15/h4-10,16H,11-12H2,1-3H3. The molecule has 0 saturated carbocycles. The SMILES string of the molecule is COc1ccc(-c2nc(C3CC(=O)N(c4cc(C)cc(C)c4)C3)no2)cc1. The van der Waals surface area contributed by atoms with Gasteiger partial charge in [-0.25, -0.2) is 0 Å². The summed E-state index contributed by atoms with van der Waals surface area (Å²) in [6, 6.07) is 13.6. The largest absolute Gasteiger partial charge is 0.497 e. The number of aromatic nitrogens is 2. The molecule has 0 N–H and O–H groups in total. The summed E-state index contributed by atoms with van der Waals surface area (Å²) in [4.78, 5) is 18.9. The van der Waals surface area contributed by atoms with E-state index in [1.807, 2.05) is 55.1 Å². The van der Waals surface area contributed by atoms with Gasteiger partial charge in [-0.1, -0.05) is 11.2 Å². The molecule has 1 saturated heterocycles. The number of nitrogens with zero attached hydrogens (tertiary/aromatic N) is 3. The van der Waals surface area contributed by atoms with E-state index in [0.717, 1.165) is 28.1 Å². The first-order chi connectivity index (χ1) is 13.0. The van der Waals surface area contributed by atoms with Crippen molar-refractivity contribution in [1.82, 2.24) is 10.1 Å². The second kappa shape index (κ2) is 6.87. The molecule has 0 radical (unpaired) electrons. The minimum Gasteiger partial charge on any atom is -0.497 e. The lowest BCUT2D eigenvalue weighted by Gasteiger charge is -2.17.